The SMILES string of the molecule is CC(C)(C)OC(=O)N1CCC(N2CCc3cncc4c(Br)ccc2c34)CC1. The number of aromatic nitrogens is 1. The van der Waals surface area contributed by atoms with Crippen LogP contribution >= 0.6 is 15.9 Å². The predicted octanol–water partition coefficient (Wildman–Crippen LogP) is 4.76. The topological polar surface area (TPSA) is 45.7 Å². The molecule has 2 aromatic rings. The van der Waals surface area contributed by atoms with E-state index >= 15 is 0 Å². The van der Waals surface area contributed by atoms with Gasteiger partial charge in [-0.05, 0) is 57.7 Å². The second-order valence-corrected chi connectivity index (χ2v) is 9.28. The Morgan fingerprint density at radius 1 is 1.19 bits per heavy atom. The number of nitrogens with zero attached hydrogens (tertiary/aromatic N) is 3. The van der Waals surface area contributed by atoms with Crippen LogP contribution in [0.1, 0.15) is 39.2 Å². The fourth-order valence-corrected chi connectivity index (χ4v) is 4.60. The van der Waals surface area contributed by atoms with E-state index in [1.54, 1.807) is 0 Å². The van der Waals surface area contributed by atoms with E-state index in [9.17, 15) is 4.79 Å². The van der Waals surface area contributed by atoms with Gasteiger partial charge in [-0.25, -0.2) is 4.79 Å². The van der Waals surface area contributed by atoms with Gasteiger partial charge in [0.1, 0.15) is 5.60 Å². The van der Waals surface area contributed by atoms with Crippen LogP contribution in [0.15, 0.2) is 29.0 Å². The van der Waals surface area contributed by atoms with E-state index in [2.05, 4.69) is 37.9 Å². The largest absolute Gasteiger partial charge is 0.444 e. The zero-order chi connectivity index (χ0) is 19.2. The number of hydrogen-bond acceptors (Lipinski definition) is 4. The van der Waals surface area contributed by atoms with Crippen LogP contribution in [0.2, 0.25) is 0 Å². The molecule has 144 valence electrons. The number of amides is 1. The molecule has 0 radical (unpaired) electrons. The smallest absolute Gasteiger partial charge is 0.410 e. The van der Waals surface area contributed by atoms with Gasteiger partial charge in [0, 0.05) is 59.0 Å². The van der Waals surface area contributed by atoms with Crippen LogP contribution in [0.4, 0.5) is 10.5 Å². The van der Waals surface area contributed by atoms with Crippen molar-refractivity contribution in [2.45, 2.75) is 51.7 Å². The number of carbonyl (C=O) groups is 1. The number of likely N-dealkylation sites (tertiary alicyclic amines) is 1. The first-order valence-electron chi connectivity index (χ1n) is 9.63. The van der Waals surface area contributed by atoms with Crippen molar-refractivity contribution >= 4 is 38.5 Å². The first kappa shape index (κ1) is 18.5. The Hall–Kier alpha value is -1.82. The maximum atomic E-state index is 12.3. The summed E-state index contributed by atoms with van der Waals surface area (Å²) < 4.78 is 6.62. The lowest BCUT2D eigenvalue weighted by Gasteiger charge is -2.42. The Labute approximate surface area is 168 Å². The van der Waals surface area contributed by atoms with Crippen LogP contribution in [0.25, 0.3) is 10.8 Å². The molecule has 27 heavy (non-hydrogen) atoms. The number of anilines is 1. The van der Waals surface area contributed by atoms with Gasteiger partial charge in [-0.15, -0.1) is 0 Å². The number of halogens is 1. The summed E-state index contributed by atoms with van der Waals surface area (Å²) >= 11 is 3.67. The molecule has 0 N–H and O–H groups in total. The van der Waals surface area contributed by atoms with E-state index in [1.165, 1.54) is 22.0 Å². The van der Waals surface area contributed by atoms with Crippen LogP contribution in [-0.2, 0) is 11.2 Å². The average Bonchev–Trinajstić information content (AvgIpc) is 2.63. The molecule has 1 fully saturated rings. The molecule has 0 unspecified atom stereocenters. The molecular weight excluding hydrogens is 406 g/mol. The maximum absolute atomic E-state index is 12.3. The van der Waals surface area contributed by atoms with E-state index in [0.717, 1.165) is 43.4 Å². The molecule has 4 rings (SSSR count). The molecule has 0 aliphatic carbocycles. The first-order chi connectivity index (χ1) is 12.8. The van der Waals surface area contributed by atoms with Gasteiger partial charge in [0.15, 0.2) is 0 Å². The van der Waals surface area contributed by atoms with Gasteiger partial charge in [-0.1, -0.05) is 15.9 Å². The van der Waals surface area contributed by atoms with Crippen molar-refractivity contribution in [2.24, 2.45) is 0 Å². The van der Waals surface area contributed by atoms with E-state index in [-0.39, 0.29) is 6.09 Å². The molecule has 1 saturated heterocycles. The van der Waals surface area contributed by atoms with Crippen LogP contribution in [0.5, 0.6) is 0 Å². The number of hydrogen-bond donors (Lipinski definition) is 0. The lowest BCUT2D eigenvalue weighted by atomic mass is 9.94. The van der Waals surface area contributed by atoms with Gasteiger partial charge in [0.2, 0.25) is 0 Å². The Bertz CT molecular complexity index is 870. The zero-order valence-corrected chi connectivity index (χ0v) is 17.8. The van der Waals surface area contributed by atoms with Crippen molar-refractivity contribution in [1.82, 2.24) is 9.88 Å². The lowest BCUT2D eigenvalue weighted by molar-refractivity contribution is 0.0204. The van der Waals surface area contributed by atoms with Crippen LogP contribution < -0.4 is 4.90 Å². The van der Waals surface area contributed by atoms with Gasteiger partial charge < -0.3 is 14.5 Å². The third-order valence-corrected chi connectivity index (χ3v) is 6.11. The molecule has 0 saturated carbocycles. The van der Waals surface area contributed by atoms with E-state index in [1.807, 2.05) is 38.1 Å². The molecule has 6 heteroatoms. The second kappa shape index (κ2) is 6.97. The number of ether oxygens (including phenoxy) is 1. The molecule has 1 aromatic heterocycles. The zero-order valence-electron chi connectivity index (χ0n) is 16.2. The van der Waals surface area contributed by atoms with Crippen molar-refractivity contribution in [2.75, 3.05) is 24.5 Å². The third kappa shape index (κ3) is 3.64. The van der Waals surface area contributed by atoms with Crippen molar-refractivity contribution in [3.8, 4) is 0 Å². The van der Waals surface area contributed by atoms with Crippen LogP contribution in [0.3, 0.4) is 0 Å². The highest BCUT2D eigenvalue weighted by atomic mass is 79.9. The molecule has 1 amide bonds. The average molecular weight is 432 g/mol. The Balaban J connectivity index is 1.52. The Morgan fingerprint density at radius 2 is 1.93 bits per heavy atom. The maximum Gasteiger partial charge on any atom is 0.410 e. The number of carbonyl (C=O) groups excluding carboxylic acids is 1. The summed E-state index contributed by atoms with van der Waals surface area (Å²) in [4.78, 5) is 21.1. The molecule has 0 spiro atoms. The predicted molar refractivity (Wildman–Crippen MR) is 111 cm³/mol. The number of rotatable bonds is 1. The molecule has 2 aliphatic rings. The second-order valence-electron chi connectivity index (χ2n) is 8.43. The summed E-state index contributed by atoms with van der Waals surface area (Å²) in [5.41, 5.74) is 2.18. The third-order valence-electron chi connectivity index (χ3n) is 5.41. The summed E-state index contributed by atoms with van der Waals surface area (Å²) in [6, 6.07) is 4.79. The van der Waals surface area contributed by atoms with Crippen molar-refractivity contribution in [3.63, 3.8) is 0 Å². The molecule has 0 bridgehead atoms. The fourth-order valence-electron chi connectivity index (χ4n) is 4.17. The number of piperidine rings is 1. The molecular formula is C21H26BrN3O2. The highest BCUT2D eigenvalue weighted by Crippen LogP contribution is 2.39. The van der Waals surface area contributed by atoms with E-state index in [0.29, 0.717) is 6.04 Å². The van der Waals surface area contributed by atoms with Crippen LogP contribution in [-0.4, -0.2) is 47.3 Å². The summed E-state index contributed by atoms with van der Waals surface area (Å²) in [6.45, 7) is 8.24. The van der Waals surface area contributed by atoms with Gasteiger partial charge in [0.05, 0.1) is 0 Å². The van der Waals surface area contributed by atoms with Gasteiger partial charge >= 0.3 is 6.09 Å². The number of pyridine rings is 1. The lowest BCUT2D eigenvalue weighted by Crippen LogP contribution is -2.49. The van der Waals surface area contributed by atoms with Crippen LogP contribution in [0, 0.1) is 0 Å². The summed E-state index contributed by atoms with van der Waals surface area (Å²) in [7, 11) is 0. The summed E-state index contributed by atoms with van der Waals surface area (Å²) in [6.07, 6.45) is 6.71. The molecule has 3 heterocycles. The monoisotopic (exact) mass is 431 g/mol. The van der Waals surface area contributed by atoms with Gasteiger partial charge in [-0.2, -0.15) is 0 Å². The molecule has 0 atom stereocenters. The minimum absolute atomic E-state index is 0.193. The van der Waals surface area contributed by atoms with Gasteiger partial charge in [0.25, 0.3) is 0 Å². The van der Waals surface area contributed by atoms with E-state index < -0.39 is 5.60 Å². The Morgan fingerprint density at radius 3 is 2.63 bits per heavy atom. The minimum atomic E-state index is -0.443. The standard InChI is InChI=1S/C21H26BrN3O2/c1-21(2,3)27-20(26)24-9-7-15(8-10-24)25-11-6-14-12-23-13-16-17(22)4-5-18(25)19(14)16/h4-5,12-13,15H,6-11H2,1-3H3. The number of benzene rings is 1. The summed E-state index contributed by atoms with van der Waals surface area (Å²) in [5, 5.41) is 2.50. The quantitative estimate of drug-likeness (QED) is 0.652. The Kier molecular flexibility index (Phi) is 4.78. The van der Waals surface area contributed by atoms with Crippen molar-refractivity contribution < 1.29 is 9.53 Å². The first-order valence-corrected chi connectivity index (χ1v) is 10.4. The van der Waals surface area contributed by atoms with Crippen molar-refractivity contribution in [1.29, 1.82) is 0 Å². The van der Waals surface area contributed by atoms with E-state index in [4.69, 9.17) is 4.74 Å². The fraction of sp³-hybridized carbons (Fsp3) is 0.524. The molecule has 1 aromatic carbocycles. The van der Waals surface area contributed by atoms with Crippen molar-refractivity contribution in [3.05, 3.63) is 34.6 Å². The molecule has 5 nitrogen and oxygen atoms in total. The van der Waals surface area contributed by atoms with Gasteiger partial charge in [-0.3, -0.25) is 4.98 Å². The molecule has 2 aliphatic heterocycles. The highest BCUT2D eigenvalue weighted by molar-refractivity contribution is 9.10. The summed E-state index contributed by atoms with van der Waals surface area (Å²) in [5.74, 6) is 0. The highest BCUT2D eigenvalue weighted by Gasteiger charge is 2.32. The minimum Gasteiger partial charge on any atom is -0.444 e. The normalized spacial score (nSPS) is 18.1.